The molecule has 1 N–H and O–H groups in total. The van der Waals surface area contributed by atoms with E-state index in [1.54, 1.807) is 0 Å². The number of rotatable bonds is 6. The lowest BCUT2D eigenvalue weighted by molar-refractivity contribution is -0.134. The molecule has 0 aliphatic heterocycles. The molecule has 3 nitrogen and oxygen atoms in total. The fourth-order valence-electron chi connectivity index (χ4n) is 1.46. The molecule has 3 heteroatoms. The first-order valence-corrected chi connectivity index (χ1v) is 5.42. The number of hydrogen-bond acceptors (Lipinski definition) is 2. The predicted octanol–water partition coefficient (Wildman–Crippen LogP) is 1.35. The van der Waals surface area contributed by atoms with Gasteiger partial charge in [-0.1, -0.05) is 27.2 Å². The Morgan fingerprint density at radius 3 is 2.43 bits per heavy atom. The van der Waals surface area contributed by atoms with Crippen molar-refractivity contribution in [2.45, 2.75) is 27.2 Å². The molecule has 0 rings (SSSR count). The molecule has 0 spiro atoms. The molecule has 1 amide bonds. The topological polar surface area (TPSA) is 32.3 Å². The number of carbonyl (C=O) groups is 1. The van der Waals surface area contributed by atoms with Gasteiger partial charge in [-0.25, -0.2) is 0 Å². The Balaban J connectivity index is 3.98. The van der Waals surface area contributed by atoms with Crippen molar-refractivity contribution < 1.29 is 4.79 Å². The second-order valence-corrected chi connectivity index (χ2v) is 4.19. The smallest absolute Gasteiger partial charge is 0.226 e. The molecular formula is C11H24N2O. The third kappa shape index (κ3) is 4.61. The zero-order valence-corrected chi connectivity index (χ0v) is 10.1. The van der Waals surface area contributed by atoms with Gasteiger partial charge in [0.1, 0.15) is 0 Å². The Kier molecular flexibility index (Phi) is 6.54. The molecule has 0 aromatic rings. The van der Waals surface area contributed by atoms with Crippen LogP contribution in [-0.4, -0.2) is 38.0 Å². The maximum Gasteiger partial charge on any atom is 0.226 e. The molecule has 0 bridgehead atoms. The highest BCUT2D eigenvalue weighted by Crippen LogP contribution is 2.06. The molecule has 84 valence electrons. The number of nitrogens with one attached hydrogen (secondary N) is 1. The number of nitrogens with zero attached hydrogens (tertiary/aromatic N) is 1. The lowest BCUT2D eigenvalue weighted by Gasteiger charge is -2.23. The van der Waals surface area contributed by atoms with Crippen LogP contribution in [0.25, 0.3) is 0 Å². The maximum absolute atomic E-state index is 11.8. The van der Waals surface area contributed by atoms with Crippen LogP contribution < -0.4 is 5.32 Å². The van der Waals surface area contributed by atoms with Crippen molar-refractivity contribution in [1.29, 1.82) is 0 Å². The minimum atomic E-state index is 0.0778. The van der Waals surface area contributed by atoms with Crippen molar-refractivity contribution in [2.24, 2.45) is 11.8 Å². The van der Waals surface area contributed by atoms with Gasteiger partial charge in [-0.2, -0.15) is 0 Å². The monoisotopic (exact) mass is 200 g/mol. The van der Waals surface area contributed by atoms with Crippen molar-refractivity contribution in [1.82, 2.24) is 10.2 Å². The summed E-state index contributed by atoms with van der Waals surface area (Å²) in [6, 6.07) is 0. The molecule has 2 unspecified atom stereocenters. The van der Waals surface area contributed by atoms with Gasteiger partial charge in [0.05, 0.1) is 0 Å². The van der Waals surface area contributed by atoms with Crippen LogP contribution in [0.4, 0.5) is 0 Å². The highest BCUT2D eigenvalue weighted by molar-refractivity contribution is 5.78. The largest absolute Gasteiger partial charge is 0.345 e. The van der Waals surface area contributed by atoms with Gasteiger partial charge in [-0.15, -0.1) is 0 Å². The standard InChI is InChI=1S/C11H24N2O/c1-6-9(2)8-13(5)11(14)10(3)7-12-4/h9-10,12H,6-8H2,1-5H3. The van der Waals surface area contributed by atoms with E-state index in [0.29, 0.717) is 5.92 Å². The Morgan fingerprint density at radius 2 is 2.00 bits per heavy atom. The molecule has 0 fully saturated rings. The lowest BCUT2D eigenvalue weighted by atomic mass is 10.1. The van der Waals surface area contributed by atoms with Gasteiger partial charge in [0.25, 0.3) is 0 Å². The Bertz CT molecular complexity index is 171. The van der Waals surface area contributed by atoms with Crippen LogP contribution in [0.5, 0.6) is 0 Å². The van der Waals surface area contributed by atoms with Crippen LogP contribution in [0.15, 0.2) is 0 Å². The van der Waals surface area contributed by atoms with E-state index in [1.165, 1.54) is 0 Å². The minimum absolute atomic E-state index is 0.0778. The van der Waals surface area contributed by atoms with Gasteiger partial charge < -0.3 is 10.2 Å². The molecule has 0 aromatic carbocycles. The van der Waals surface area contributed by atoms with E-state index in [2.05, 4.69) is 19.2 Å². The van der Waals surface area contributed by atoms with Gasteiger partial charge in [0.15, 0.2) is 0 Å². The van der Waals surface area contributed by atoms with Gasteiger partial charge >= 0.3 is 0 Å². The van der Waals surface area contributed by atoms with E-state index in [-0.39, 0.29) is 11.8 Å². The Morgan fingerprint density at radius 1 is 1.43 bits per heavy atom. The maximum atomic E-state index is 11.8. The molecule has 0 saturated carbocycles. The van der Waals surface area contributed by atoms with Crippen LogP contribution in [0, 0.1) is 11.8 Å². The van der Waals surface area contributed by atoms with Crippen molar-refractivity contribution >= 4 is 5.91 Å². The Labute approximate surface area is 87.9 Å². The summed E-state index contributed by atoms with van der Waals surface area (Å²) in [4.78, 5) is 13.6. The van der Waals surface area contributed by atoms with Crippen molar-refractivity contribution in [3.05, 3.63) is 0 Å². The quantitative estimate of drug-likeness (QED) is 0.702. The van der Waals surface area contributed by atoms with E-state index >= 15 is 0 Å². The van der Waals surface area contributed by atoms with Crippen molar-refractivity contribution in [3.8, 4) is 0 Å². The molecule has 0 saturated heterocycles. The van der Waals surface area contributed by atoms with E-state index < -0.39 is 0 Å². The number of hydrogen-bond donors (Lipinski definition) is 1. The van der Waals surface area contributed by atoms with Gasteiger partial charge in [-0.3, -0.25) is 4.79 Å². The minimum Gasteiger partial charge on any atom is -0.345 e. The first-order valence-electron chi connectivity index (χ1n) is 5.42. The van der Waals surface area contributed by atoms with Crippen LogP contribution in [0.2, 0.25) is 0 Å². The van der Waals surface area contributed by atoms with Gasteiger partial charge in [0.2, 0.25) is 5.91 Å². The van der Waals surface area contributed by atoms with E-state index in [1.807, 2.05) is 25.9 Å². The molecular weight excluding hydrogens is 176 g/mol. The molecule has 14 heavy (non-hydrogen) atoms. The van der Waals surface area contributed by atoms with Gasteiger partial charge in [-0.05, 0) is 13.0 Å². The summed E-state index contributed by atoms with van der Waals surface area (Å²) in [5.41, 5.74) is 0. The van der Waals surface area contributed by atoms with Crippen LogP contribution in [-0.2, 0) is 4.79 Å². The van der Waals surface area contributed by atoms with Gasteiger partial charge in [0, 0.05) is 26.1 Å². The summed E-state index contributed by atoms with van der Waals surface area (Å²) in [5, 5.41) is 3.02. The first kappa shape index (κ1) is 13.4. The second kappa shape index (κ2) is 6.82. The third-order valence-corrected chi connectivity index (χ3v) is 2.59. The third-order valence-electron chi connectivity index (χ3n) is 2.59. The normalized spacial score (nSPS) is 14.9. The Hall–Kier alpha value is -0.570. The zero-order valence-electron chi connectivity index (χ0n) is 10.1. The molecule has 0 aliphatic carbocycles. The first-order chi connectivity index (χ1) is 6.52. The molecule has 0 heterocycles. The fourth-order valence-corrected chi connectivity index (χ4v) is 1.46. The van der Waals surface area contributed by atoms with E-state index in [4.69, 9.17) is 0 Å². The number of amides is 1. The average molecular weight is 200 g/mol. The summed E-state index contributed by atoms with van der Waals surface area (Å²) in [5.74, 6) is 0.902. The molecule has 0 radical (unpaired) electrons. The summed E-state index contributed by atoms with van der Waals surface area (Å²) in [6.45, 7) is 7.91. The second-order valence-electron chi connectivity index (χ2n) is 4.19. The molecule has 0 aromatic heterocycles. The average Bonchev–Trinajstić information content (AvgIpc) is 2.16. The van der Waals surface area contributed by atoms with E-state index in [9.17, 15) is 4.79 Å². The van der Waals surface area contributed by atoms with Crippen LogP contribution >= 0.6 is 0 Å². The predicted molar refractivity (Wildman–Crippen MR) is 60.2 cm³/mol. The lowest BCUT2D eigenvalue weighted by Crippen LogP contribution is -2.38. The SMILES string of the molecule is CCC(C)CN(C)C(=O)C(C)CNC. The highest BCUT2D eigenvalue weighted by atomic mass is 16.2. The summed E-state index contributed by atoms with van der Waals surface area (Å²) >= 11 is 0. The molecule has 2 atom stereocenters. The summed E-state index contributed by atoms with van der Waals surface area (Å²) < 4.78 is 0. The van der Waals surface area contributed by atoms with Crippen molar-refractivity contribution in [3.63, 3.8) is 0 Å². The van der Waals surface area contributed by atoms with Crippen molar-refractivity contribution in [2.75, 3.05) is 27.2 Å². The van der Waals surface area contributed by atoms with E-state index in [0.717, 1.165) is 19.5 Å². The zero-order chi connectivity index (χ0) is 11.1. The van der Waals surface area contributed by atoms with Crippen LogP contribution in [0.3, 0.4) is 0 Å². The highest BCUT2D eigenvalue weighted by Gasteiger charge is 2.17. The van der Waals surface area contributed by atoms with Crippen LogP contribution in [0.1, 0.15) is 27.2 Å². The summed E-state index contributed by atoms with van der Waals surface area (Å²) in [7, 11) is 3.76. The summed E-state index contributed by atoms with van der Waals surface area (Å²) in [6.07, 6.45) is 1.12. The fraction of sp³-hybridized carbons (Fsp3) is 0.909. The molecule has 0 aliphatic rings. The number of carbonyl (C=O) groups excluding carboxylic acids is 1.